The van der Waals surface area contributed by atoms with Crippen LogP contribution in [0.4, 0.5) is 0 Å². The number of nitrogens with one attached hydrogen (secondary N) is 1. The number of hydrogen-bond acceptors (Lipinski definition) is 3. The van der Waals surface area contributed by atoms with Gasteiger partial charge >= 0.3 is 0 Å². The van der Waals surface area contributed by atoms with Gasteiger partial charge in [-0.1, -0.05) is 19.9 Å². The zero-order valence-electron chi connectivity index (χ0n) is 13.6. The van der Waals surface area contributed by atoms with Crippen LogP contribution in [-0.2, 0) is 6.61 Å². The zero-order chi connectivity index (χ0) is 16.1. The van der Waals surface area contributed by atoms with Crippen LogP contribution >= 0.6 is 11.3 Å². The summed E-state index contributed by atoms with van der Waals surface area (Å²) >= 11 is 1.46. The number of amides is 1. The molecule has 118 valence electrons. The maximum Gasteiger partial charge on any atom is 0.261 e. The molecular weight excluding hydrogens is 294 g/mol. The van der Waals surface area contributed by atoms with E-state index in [4.69, 9.17) is 4.74 Å². The lowest BCUT2D eigenvalue weighted by Crippen LogP contribution is -2.26. The Hall–Kier alpha value is -1.81. The van der Waals surface area contributed by atoms with Crippen LogP contribution in [0.15, 0.2) is 29.6 Å². The second kappa shape index (κ2) is 7.45. The smallest absolute Gasteiger partial charge is 0.261 e. The minimum Gasteiger partial charge on any atom is -0.489 e. The first-order valence-corrected chi connectivity index (χ1v) is 8.38. The van der Waals surface area contributed by atoms with Gasteiger partial charge in [-0.05, 0) is 54.5 Å². The average molecular weight is 317 g/mol. The van der Waals surface area contributed by atoms with Gasteiger partial charge in [0.2, 0.25) is 0 Å². The molecule has 1 aromatic carbocycles. The summed E-state index contributed by atoms with van der Waals surface area (Å²) in [5, 5.41) is 4.91. The van der Waals surface area contributed by atoms with E-state index in [0.29, 0.717) is 19.1 Å². The molecule has 0 saturated heterocycles. The van der Waals surface area contributed by atoms with E-state index < -0.39 is 0 Å². The lowest BCUT2D eigenvalue weighted by molar-refractivity contribution is 0.0953. The normalized spacial score (nSPS) is 10.8. The Morgan fingerprint density at radius 3 is 2.50 bits per heavy atom. The van der Waals surface area contributed by atoms with Crippen LogP contribution in [0.1, 0.15) is 40.2 Å². The van der Waals surface area contributed by atoms with Crippen LogP contribution < -0.4 is 10.1 Å². The van der Waals surface area contributed by atoms with Crippen molar-refractivity contribution in [1.82, 2.24) is 5.32 Å². The van der Waals surface area contributed by atoms with Crippen molar-refractivity contribution in [3.63, 3.8) is 0 Å². The Bertz CT molecular complexity index is 626. The van der Waals surface area contributed by atoms with E-state index in [2.05, 4.69) is 39.1 Å². The Balaban J connectivity index is 1.93. The van der Waals surface area contributed by atoms with Crippen molar-refractivity contribution in [2.75, 3.05) is 6.54 Å². The van der Waals surface area contributed by atoms with Gasteiger partial charge in [-0.3, -0.25) is 4.79 Å². The van der Waals surface area contributed by atoms with Gasteiger partial charge in [-0.25, -0.2) is 0 Å². The van der Waals surface area contributed by atoms with Crippen molar-refractivity contribution in [3.8, 4) is 5.75 Å². The topological polar surface area (TPSA) is 38.3 Å². The van der Waals surface area contributed by atoms with Gasteiger partial charge in [0.1, 0.15) is 12.4 Å². The van der Waals surface area contributed by atoms with Gasteiger partial charge in [0, 0.05) is 12.1 Å². The van der Waals surface area contributed by atoms with Crippen molar-refractivity contribution in [1.29, 1.82) is 0 Å². The largest absolute Gasteiger partial charge is 0.489 e. The SMILES string of the molecule is Cc1cc(C)cc(OCc2csc(C(=O)NCC(C)C)c2)c1. The molecule has 0 saturated carbocycles. The van der Waals surface area contributed by atoms with Crippen molar-refractivity contribution in [3.05, 3.63) is 51.2 Å². The minimum absolute atomic E-state index is 0.00338. The number of hydrogen-bond donors (Lipinski definition) is 1. The standard InChI is InChI=1S/C18H23NO2S/c1-12(2)9-19-18(20)17-8-15(11-22-17)10-21-16-6-13(3)5-14(4)7-16/h5-8,11-12H,9-10H2,1-4H3,(H,19,20). The Kier molecular flexibility index (Phi) is 5.61. The Morgan fingerprint density at radius 2 is 1.86 bits per heavy atom. The average Bonchev–Trinajstić information content (AvgIpc) is 2.90. The molecule has 22 heavy (non-hydrogen) atoms. The number of thiophene rings is 1. The molecule has 1 amide bonds. The van der Waals surface area contributed by atoms with Crippen LogP contribution in [-0.4, -0.2) is 12.5 Å². The monoisotopic (exact) mass is 317 g/mol. The molecule has 2 aromatic rings. The zero-order valence-corrected chi connectivity index (χ0v) is 14.4. The number of rotatable bonds is 6. The fourth-order valence-electron chi connectivity index (χ4n) is 2.14. The molecule has 0 radical (unpaired) electrons. The van der Waals surface area contributed by atoms with Gasteiger partial charge in [0.15, 0.2) is 0 Å². The lowest BCUT2D eigenvalue weighted by Gasteiger charge is -2.07. The first kappa shape index (κ1) is 16.6. The fourth-order valence-corrected chi connectivity index (χ4v) is 2.95. The molecule has 0 fully saturated rings. The highest BCUT2D eigenvalue weighted by molar-refractivity contribution is 7.12. The van der Waals surface area contributed by atoms with Crippen molar-refractivity contribution in [2.45, 2.75) is 34.3 Å². The Labute approximate surface area is 136 Å². The van der Waals surface area contributed by atoms with E-state index >= 15 is 0 Å². The number of aryl methyl sites for hydroxylation is 2. The van der Waals surface area contributed by atoms with E-state index in [-0.39, 0.29) is 5.91 Å². The number of carbonyl (C=O) groups is 1. The molecular formula is C18H23NO2S. The quantitative estimate of drug-likeness (QED) is 0.861. The molecule has 0 bridgehead atoms. The third kappa shape index (κ3) is 4.88. The van der Waals surface area contributed by atoms with Crippen LogP contribution in [0.5, 0.6) is 5.75 Å². The highest BCUT2D eigenvalue weighted by atomic mass is 32.1. The molecule has 0 aliphatic carbocycles. The first-order valence-electron chi connectivity index (χ1n) is 7.50. The number of benzene rings is 1. The predicted octanol–water partition coefficient (Wildman–Crippen LogP) is 4.33. The maximum absolute atomic E-state index is 12.0. The summed E-state index contributed by atoms with van der Waals surface area (Å²) in [4.78, 5) is 12.7. The summed E-state index contributed by atoms with van der Waals surface area (Å²) < 4.78 is 5.82. The van der Waals surface area contributed by atoms with Crippen LogP contribution in [0, 0.1) is 19.8 Å². The molecule has 1 N–H and O–H groups in total. The van der Waals surface area contributed by atoms with E-state index in [9.17, 15) is 4.79 Å². The molecule has 1 aromatic heterocycles. The third-order valence-electron chi connectivity index (χ3n) is 3.15. The second-order valence-electron chi connectivity index (χ2n) is 6.04. The van der Waals surface area contributed by atoms with Crippen molar-refractivity contribution < 1.29 is 9.53 Å². The van der Waals surface area contributed by atoms with E-state index in [0.717, 1.165) is 16.2 Å². The molecule has 0 atom stereocenters. The van der Waals surface area contributed by atoms with Crippen molar-refractivity contribution >= 4 is 17.2 Å². The van der Waals surface area contributed by atoms with Crippen molar-refractivity contribution in [2.24, 2.45) is 5.92 Å². The highest BCUT2D eigenvalue weighted by Gasteiger charge is 2.09. The molecule has 0 aliphatic rings. The molecule has 0 spiro atoms. The van der Waals surface area contributed by atoms with Crippen LogP contribution in [0.2, 0.25) is 0 Å². The Morgan fingerprint density at radius 1 is 1.18 bits per heavy atom. The number of ether oxygens (including phenoxy) is 1. The van der Waals surface area contributed by atoms with Crippen LogP contribution in [0.3, 0.4) is 0 Å². The van der Waals surface area contributed by atoms with E-state index in [1.54, 1.807) is 0 Å². The van der Waals surface area contributed by atoms with Crippen LogP contribution in [0.25, 0.3) is 0 Å². The van der Waals surface area contributed by atoms with Gasteiger partial charge in [0.05, 0.1) is 4.88 Å². The van der Waals surface area contributed by atoms with E-state index in [1.807, 2.05) is 23.6 Å². The number of carbonyl (C=O) groups excluding carboxylic acids is 1. The minimum atomic E-state index is -0.00338. The molecule has 3 nitrogen and oxygen atoms in total. The molecule has 2 rings (SSSR count). The van der Waals surface area contributed by atoms with Gasteiger partial charge in [-0.15, -0.1) is 11.3 Å². The second-order valence-corrected chi connectivity index (χ2v) is 6.95. The summed E-state index contributed by atoms with van der Waals surface area (Å²) in [7, 11) is 0. The lowest BCUT2D eigenvalue weighted by atomic mass is 10.1. The molecule has 1 heterocycles. The molecule has 0 unspecified atom stereocenters. The summed E-state index contributed by atoms with van der Waals surface area (Å²) in [6.45, 7) is 9.46. The fraction of sp³-hybridized carbons (Fsp3) is 0.389. The predicted molar refractivity (Wildman–Crippen MR) is 91.7 cm³/mol. The molecule has 4 heteroatoms. The van der Waals surface area contributed by atoms with E-state index in [1.165, 1.54) is 22.5 Å². The van der Waals surface area contributed by atoms with Gasteiger partial charge in [0.25, 0.3) is 5.91 Å². The third-order valence-corrected chi connectivity index (χ3v) is 4.13. The summed E-state index contributed by atoms with van der Waals surface area (Å²) in [6.07, 6.45) is 0. The molecule has 0 aliphatic heterocycles. The highest BCUT2D eigenvalue weighted by Crippen LogP contribution is 2.20. The summed E-state index contributed by atoms with van der Waals surface area (Å²) in [5.74, 6) is 1.32. The summed E-state index contributed by atoms with van der Waals surface area (Å²) in [6, 6.07) is 8.07. The van der Waals surface area contributed by atoms with Gasteiger partial charge < -0.3 is 10.1 Å². The summed E-state index contributed by atoms with van der Waals surface area (Å²) in [5.41, 5.74) is 3.40. The maximum atomic E-state index is 12.0. The van der Waals surface area contributed by atoms with Gasteiger partial charge in [-0.2, -0.15) is 0 Å². The first-order chi connectivity index (χ1) is 10.4.